The predicted molar refractivity (Wildman–Crippen MR) is 120 cm³/mol. The lowest BCUT2D eigenvalue weighted by molar-refractivity contribution is -0.136. The molecule has 0 aromatic heterocycles. The van der Waals surface area contributed by atoms with Crippen LogP contribution in [0.5, 0.6) is 5.75 Å². The molecule has 0 radical (unpaired) electrons. The van der Waals surface area contributed by atoms with Crippen molar-refractivity contribution in [3.8, 4) is 5.75 Å². The fourth-order valence-electron chi connectivity index (χ4n) is 3.75. The number of hydrogen-bond acceptors (Lipinski definition) is 4. The Morgan fingerprint density at radius 1 is 1.13 bits per heavy atom. The molecule has 1 fully saturated rings. The van der Waals surface area contributed by atoms with Gasteiger partial charge >= 0.3 is 0 Å². The second-order valence-electron chi connectivity index (χ2n) is 8.46. The minimum absolute atomic E-state index is 0.0201. The lowest BCUT2D eigenvalue weighted by Gasteiger charge is -2.28. The normalized spacial score (nSPS) is 17.8. The van der Waals surface area contributed by atoms with E-state index in [0.29, 0.717) is 24.6 Å². The number of carbonyl (C=O) groups is 1. The van der Waals surface area contributed by atoms with Gasteiger partial charge in [-0.05, 0) is 54.5 Å². The summed E-state index contributed by atoms with van der Waals surface area (Å²) >= 11 is 0. The quantitative estimate of drug-likeness (QED) is 0.667. The molecule has 2 aromatic carbocycles. The third-order valence-electron chi connectivity index (χ3n) is 5.87. The van der Waals surface area contributed by atoms with Gasteiger partial charge in [0.2, 0.25) is 0 Å². The molecule has 0 bridgehead atoms. The van der Waals surface area contributed by atoms with Gasteiger partial charge in [-0.25, -0.2) is 8.42 Å². The molecule has 1 aliphatic heterocycles. The molecule has 1 heterocycles. The monoisotopic (exact) mass is 429 g/mol. The average Bonchev–Trinajstić information content (AvgIpc) is 3.06. The first-order valence-corrected chi connectivity index (χ1v) is 12.3. The average molecular weight is 430 g/mol. The molecule has 162 valence electrons. The zero-order valence-corrected chi connectivity index (χ0v) is 19.0. The molecular formula is C24H31NO4S. The van der Waals surface area contributed by atoms with Crippen LogP contribution in [0.4, 0.5) is 0 Å². The number of nitrogens with zero attached hydrogens (tertiary/aromatic N) is 1. The third-order valence-corrected chi connectivity index (χ3v) is 7.63. The minimum Gasteiger partial charge on any atom is -0.483 e. The van der Waals surface area contributed by atoms with Gasteiger partial charge in [-0.3, -0.25) is 4.79 Å². The van der Waals surface area contributed by atoms with E-state index in [-0.39, 0.29) is 30.1 Å². The first kappa shape index (κ1) is 22.3. The van der Waals surface area contributed by atoms with E-state index in [0.717, 1.165) is 16.7 Å². The molecule has 0 saturated carbocycles. The van der Waals surface area contributed by atoms with Crippen molar-refractivity contribution in [1.82, 2.24) is 4.90 Å². The van der Waals surface area contributed by atoms with Gasteiger partial charge in [-0.1, -0.05) is 50.2 Å². The molecule has 1 unspecified atom stereocenters. The van der Waals surface area contributed by atoms with Crippen LogP contribution < -0.4 is 4.74 Å². The van der Waals surface area contributed by atoms with Gasteiger partial charge in [-0.2, -0.15) is 0 Å². The van der Waals surface area contributed by atoms with Gasteiger partial charge in [0.05, 0.1) is 11.5 Å². The molecule has 1 aliphatic rings. The zero-order valence-electron chi connectivity index (χ0n) is 18.2. The molecule has 3 rings (SSSR count). The first-order valence-electron chi connectivity index (χ1n) is 10.4. The molecule has 0 aliphatic carbocycles. The summed E-state index contributed by atoms with van der Waals surface area (Å²) in [5.41, 5.74) is 4.33. The number of carbonyl (C=O) groups excluding carboxylic acids is 1. The molecule has 6 heteroatoms. The topological polar surface area (TPSA) is 63.7 Å². The van der Waals surface area contributed by atoms with E-state index < -0.39 is 9.84 Å². The highest BCUT2D eigenvalue weighted by atomic mass is 32.2. The van der Waals surface area contributed by atoms with E-state index in [2.05, 4.69) is 26.0 Å². The molecule has 2 aromatic rings. The first-order chi connectivity index (χ1) is 14.2. The fraction of sp³-hybridized carbons (Fsp3) is 0.458. The van der Waals surface area contributed by atoms with Crippen molar-refractivity contribution in [3.05, 3.63) is 64.7 Å². The highest BCUT2D eigenvalue weighted by Gasteiger charge is 2.34. The molecule has 0 spiro atoms. The molecule has 1 atom stereocenters. The highest BCUT2D eigenvalue weighted by molar-refractivity contribution is 7.91. The van der Waals surface area contributed by atoms with Gasteiger partial charge in [0.25, 0.3) is 5.91 Å². The highest BCUT2D eigenvalue weighted by Crippen LogP contribution is 2.24. The van der Waals surface area contributed by atoms with E-state index in [4.69, 9.17) is 4.74 Å². The molecule has 1 amide bonds. The molecule has 5 nitrogen and oxygen atoms in total. The number of benzene rings is 2. The number of amides is 1. The van der Waals surface area contributed by atoms with E-state index in [1.54, 1.807) is 4.90 Å². The number of sulfone groups is 1. The van der Waals surface area contributed by atoms with Gasteiger partial charge in [0, 0.05) is 12.6 Å². The SMILES string of the molecule is Cc1cccc(OCC(=O)N(Cc2ccc(C(C)C)cc2)C2CCS(=O)(=O)C2)c1C. The van der Waals surface area contributed by atoms with E-state index in [1.807, 2.05) is 44.2 Å². The summed E-state index contributed by atoms with van der Waals surface area (Å²) in [4.78, 5) is 14.8. The summed E-state index contributed by atoms with van der Waals surface area (Å²) in [5, 5.41) is 0. The van der Waals surface area contributed by atoms with Crippen molar-refractivity contribution in [2.75, 3.05) is 18.1 Å². The Morgan fingerprint density at radius 3 is 2.43 bits per heavy atom. The number of rotatable bonds is 7. The van der Waals surface area contributed by atoms with Crippen LogP contribution in [0.3, 0.4) is 0 Å². The Balaban J connectivity index is 1.76. The summed E-state index contributed by atoms with van der Waals surface area (Å²) in [6.45, 7) is 8.52. The summed E-state index contributed by atoms with van der Waals surface area (Å²) in [6, 6.07) is 13.6. The van der Waals surface area contributed by atoms with E-state index in [1.165, 1.54) is 5.56 Å². The summed E-state index contributed by atoms with van der Waals surface area (Å²) in [6.07, 6.45) is 0.474. The molecule has 30 heavy (non-hydrogen) atoms. The predicted octanol–water partition coefficient (Wildman–Crippen LogP) is 4.02. The van der Waals surface area contributed by atoms with Gasteiger partial charge in [0.1, 0.15) is 5.75 Å². The van der Waals surface area contributed by atoms with Crippen LogP contribution in [-0.4, -0.2) is 43.4 Å². The van der Waals surface area contributed by atoms with Gasteiger partial charge in [0.15, 0.2) is 16.4 Å². The Bertz CT molecular complexity index is 996. The van der Waals surface area contributed by atoms with Crippen LogP contribution >= 0.6 is 0 Å². The van der Waals surface area contributed by atoms with Crippen molar-refractivity contribution in [2.24, 2.45) is 0 Å². The van der Waals surface area contributed by atoms with Crippen molar-refractivity contribution in [3.63, 3.8) is 0 Å². The van der Waals surface area contributed by atoms with Crippen molar-refractivity contribution >= 4 is 15.7 Å². The number of ether oxygens (including phenoxy) is 1. The maximum Gasteiger partial charge on any atom is 0.261 e. The summed E-state index contributed by atoms with van der Waals surface area (Å²) in [5.74, 6) is 1.08. The lowest BCUT2D eigenvalue weighted by Crippen LogP contribution is -2.43. The lowest BCUT2D eigenvalue weighted by atomic mass is 10.0. The molecule has 0 N–H and O–H groups in total. The van der Waals surface area contributed by atoms with Crippen molar-refractivity contribution in [1.29, 1.82) is 0 Å². The van der Waals surface area contributed by atoms with Gasteiger partial charge in [-0.15, -0.1) is 0 Å². The van der Waals surface area contributed by atoms with Crippen LogP contribution in [-0.2, 0) is 21.2 Å². The standard InChI is InChI=1S/C24H31NO4S/c1-17(2)21-10-8-20(9-11-21)14-25(22-12-13-30(27,28)16-22)24(26)15-29-23-7-5-6-18(3)19(23)4/h5-11,17,22H,12-16H2,1-4H3. The second kappa shape index (κ2) is 9.21. The number of hydrogen-bond donors (Lipinski definition) is 0. The smallest absolute Gasteiger partial charge is 0.261 e. The Labute approximate surface area is 180 Å². The third kappa shape index (κ3) is 5.42. The fourth-order valence-corrected chi connectivity index (χ4v) is 5.48. The maximum absolute atomic E-state index is 13.1. The van der Waals surface area contributed by atoms with E-state index >= 15 is 0 Å². The van der Waals surface area contributed by atoms with Crippen molar-refractivity contribution in [2.45, 2.75) is 52.6 Å². The maximum atomic E-state index is 13.1. The minimum atomic E-state index is -3.10. The van der Waals surface area contributed by atoms with Crippen LogP contribution in [0.2, 0.25) is 0 Å². The second-order valence-corrected chi connectivity index (χ2v) is 10.7. The van der Waals surface area contributed by atoms with Crippen molar-refractivity contribution < 1.29 is 17.9 Å². The summed E-state index contributed by atoms with van der Waals surface area (Å²) < 4.78 is 29.9. The Morgan fingerprint density at radius 2 is 1.83 bits per heavy atom. The van der Waals surface area contributed by atoms with Crippen LogP contribution in [0.1, 0.15) is 48.4 Å². The van der Waals surface area contributed by atoms with Crippen LogP contribution in [0.25, 0.3) is 0 Å². The van der Waals surface area contributed by atoms with E-state index in [9.17, 15) is 13.2 Å². The Hall–Kier alpha value is -2.34. The van der Waals surface area contributed by atoms with Gasteiger partial charge < -0.3 is 9.64 Å². The van der Waals surface area contributed by atoms with Crippen LogP contribution in [0.15, 0.2) is 42.5 Å². The molecular weight excluding hydrogens is 398 g/mol. The zero-order chi connectivity index (χ0) is 21.9. The number of aryl methyl sites for hydroxylation is 1. The largest absolute Gasteiger partial charge is 0.483 e. The van der Waals surface area contributed by atoms with Crippen LogP contribution in [0, 0.1) is 13.8 Å². The Kier molecular flexibility index (Phi) is 6.86. The molecule has 1 saturated heterocycles. The summed E-state index contributed by atoms with van der Waals surface area (Å²) in [7, 11) is -3.10.